The van der Waals surface area contributed by atoms with Crippen LogP contribution in [0.25, 0.3) is 11.3 Å². The van der Waals surface area contributed by atoms with E-state index in [1.165, 1.54) is 29.3 Å². The summed E-state index contributed by atoms with van der Waals surface area (Å²) in [6.07, 6.45) is 1.42. The minimum atomic E-state index is -0.247. The summed E-state index contributed by atoms with van der Waals surface area (Å²) in [7, 11) is 0. The minimum absolute atomic E-state index is 0.202. The van der Waals surface area contributed by atoms with Crippen LogP contribution in [-0.2, 0) is 4.79 Å². The third-order valence-electron chi connectivity index (χ3n) is 3.04. The van der Waals surface area contributed by atoms with Crippen LogP contribution in [0, 0.1) is 6.92 Å². The average molecular weight is 427 g/mol. The molecule has 2 heterocycles. The third-order valence-corrected chi connectivity index (χ3v) is 5.57. The van der Waals surface area contributed by atoms with E-state index in [2.05, 4.69) is 20.7 Å². The number of halogens is 2. The molecule has 3 rings (SSSR count). The number of nitrogens with one attached hydrogen (secondary N) is 1. The lowest BCUT2D eigenvalue weighted by Gasteiger charge is -2.01. The summed E-state index contributed by atoms with van der Waals surface area (Å²) in [4.78, 5) is 11.8. The zero-order valence-electron chi connectivity index (χ0n) is 13.4. The average Bonchev–Trinajstić information content (AvgIpc) is 3.24. The number of aryl methyl sites for hydroxylation is 1. The van der Waals surface area contributed by atoms with Gasteiger partial charge in [-0.25, -0.2) is 5.43 Å². The second-order valence-electron chi connectivity index (χ2n) is 5.00. The highest BCUT2D eigenvalue weighted by molar-refractivity contribution is 8.01. The van der Waals surface area contributed by atoms with Gasteiger partial charge in [-0.05, 0) is 37.3 Å². The van der Waals surface area contributed by atoms with Crippen molar-refractivity contribution < 1.29 is 9.21 Å². The molecular weight excluding hydrogens is 415 g/mol. The Bertz CT molecular complexity index is 955. The van der Waals surface area contributed by atoms with Crippen molar-refractivity contribution in [3.8, 4) is 11.3 Å². The molecule has 1 amide bonds. The van der Waals surface area contributed by atoms with Gasteiger partial charge in [0.1, 0.15) is 16.5 Å². The van der Waals surface area contributed by atoms with Crippen molar-refractivity contribution in [2.24, 2.45) is 5.10 Å². The van der Waals surface area contributed by atoms with E-state index in [9.17, 15) is 4.79 Å². The molecule has 0 radical (unpaired) electrons. The molecule has 0 unspecified atom stereocenters. The second kappa shape index (κ2) is 8.68. The molecule has 1 aromatic carbocycles. The summed E-state index contributed by atoms with van der Waals surface area (Å²) >= 11 is 14.9. The summed E-state index contributed by atoms with van der Waals surface area (Å²) in [6, 6.07) is 8.61. The molecule has 0 spiro atoms. The number of furan rings is 1. The van der Waals surface area contributed by atoms with E-state index in [4.69, 9.17) is 27.6 Å². The Kier molecular flexibility index (Phi) is 6.31. The number of benzene rings is 1. The van der Waals surface area contributed by atoms with Gasteiger partial charge in [0.25, 0.3) is 5.91 Å². The first-order valence-electron chi connectivity index (χ1n) is 7.31. The Labute approximate surface area is 167 Å². The lowest BCUT2D eigenvalue weighted by atomic mass is 10.2. The van der Waals surface area contributed by atoms with E-state index in [0.717, 1.165) is 9.35 Å². The number of hydrazone groups is 1. The predicted octanol–water partition coefficient (Wildman–Crippen LogP) is 4.66. The van der Waals surface area contributed by atoms with Crippen LogP contribution in [0.3, 0.4) is 0 Å². The van der Waals surface area contributed by atoms with Gasteiger partial charge in [-0.15, -0.1) is 10.2 Å². The zero-order chi connectivity index (χ0) is 18.5. The molecule has 0 aliphatic heterocycles. The SMILES string of the molecule is Cc1nnc(SCC(=O)N/N=C/c2ccc(-c3cc(Cl)ccc3Cl)o2)s1. The summed E-state index contributed by atoms with van der Waals surface area (Å²) in [6.45, 7) is 1.86. The molecule has 0 bridgehead atoms. The third kappa shape index (κ3) is 5.07. The number of nitrogens with zero attached hydrogens (tertiary/aromatic N) is 3. The Hall–Kier alpha value is -1.87. The largest absolute Gasteiger partial charge is 0.455 e. The summed E-state index contributed by atoms with van der Waals surface area (Å²) in [5.74, 6) is 0.994. The highest BCUT2D eigenvalue weighted by Crippen LogP contribution is 2.31. The predicted molar refractivity (Wildman–Crippen MR) is 105 cm³/mol. The van der Waals surface area contributed by atoms with Crippen molar-refractivity contribution >= 4 is 58.4 Å². The van der Waals surface area contributed by atoms with Crippen LogP contribution in [0.2, 0.25) is 10.0 Å². The van der Waals surface area contributed by atoms with Crippen LogP contribution < -0.4 is 5.43 Å². The Balaban J connectivity index is 1.55. The molecule has 2 aromatic heterocycles. The molecule has 10 heteroatoms. The number of hydrogen-bond acceptors (Lipinski definition) is 7. The molecule has 26 heavy (non-hydrogen) atoms. The van der Waals surface area contributed by atoms with Gasteiger partial charge in [0.2, 0.25) is 0 Å². The van der Waals surface area contributed by atoms with Crippen molar-refractivity contribution in [3.63, 3.8) is 0 Å². The molecule has 6 nitrogen and oxygen atoms in total. The van der Waals surface area contributed by atoms with Crippen LogP contribution in [0.15, 0.2) is 44.2 Å². The number of rotatable bonds is 6. The molecule has 134 valence electrons. The zero-order valence-corrected chi connectivity index (χ0v) is 16.5. The molecule has 0 aliphatic carbocycles. The number of aromatic nitrogens is 2. The summed E-state index contributed by atoms with van der Waals surface area (Å²) in [5, 5.41) is 13.7. The normalized spacial score (nSPS) is 11.2. The maximum absolute atomic E-state index is 11.8. The van der Waals surface area contributed by atoms with Gasteiger partial charge in [0.15, 0.2) is 4.34 Å². The number of carbonyl (C=O) groups is 1. The van der Waals surface area contributed by atoms with E-state index in [0.29, 0.717) is 27.1 Å². The second-order valence-corrected chi connectivity index (χ2v) is 8.24. The fraction of sp³-hybridized carbons (Fsp3) is 0.125. The molecule has 1 N–H and O–H groups in total. The van der Waals surface area contributed by atoms with Crippen LogP contribution in [0.1, 0.15) is 10.8 Å². The van der Waals surface area contributed by atoms with Gasteiger partial charge < -0.3 is 4.42 Å². The topological polar surface area (TPSA) is 80.4 Å². The van der Waals surface area contributed by atoms with Crippen LogP contribution in [-0.4, -0.2) is 28.1 Å². The molecule has 3 aromatic rings. The summed E-state index contributed by atoms with van der Waals surface area (Å²) in [5.41, 5.74) is 3.12. The van der Waals surface area contributed by atoms with Crippen LogP contribution >= 0.6 is 46.3 Å². The van der Waals surface area contributed by atoms with Crippen molar-refractivity contribution in [2.75, 3.05) is 5.75 Å². The van der Waals surface area contributed by atoms with Crippen molar-refractivity contribution in [3.05, 3.63) is 51.1 Å². The molecule has 0 atom stereocenters. The van der Waals surface area contributed by atoms with E-state index in [1.807, 2.05) is 6.92 Å². The molecule has 0 saturated heterocycles. The Morgan fingerprint density at radius 1 is 1.35 bits per heavy atom. The van der Waals surface area contributed by atoms with E-state index < -0.39 is 0 Å². The highest BCUT2D eigenvalue weighted by atomic mass is 35.5. The standard InChI is InChI=1S/C16H12Cl2N4O2S2/c1-9-20-22-16(26-9)25-8-15(23)21-19-7-11-3-5-14(24-11)12-6-10(17)2-4-13(12)18/h2-7H,8H2,1H3,(H,21,23)/b19-7+. The fourth-order valence-corrected chi connectivity index (χ4v) is 3.91. The smallest absolute Gasteiger partial charge is 0.250 e. The van der Waals surface area contributed by atoms with Crippen molar-refractivity contribution in [1.82, 2.24) is 15.6 Å². The maximum atomic E-state index is 11.8. The van der Waals surface area contributed by atoms with Gasteiger partial charge in [-0.2, -0.15) is 5.10 Å². The number of hydrogen-bond donors (Lipinski definition) is 1. The molecule has 0 fully saturated rings. The van der Waals surface area contributed by atoms with Crippen molar-refractivity contribution in [2.45, 2.75) is 11.3 Å². The Morgan fingerprint density at radius 2 is 2.19 bits per heavy atom. The Morgan fingerprint density at radius 3 is 2.96 bits per heavy atom. The van der Waals surface area contributed by atoms with Gasteiger partial charge in [0, 0.05) is 10.6 Å². The summed E-state index contributed by atoms with van der Waals surface area (Å²) < 4.78 is 6.40. The van der Waals surface area contributed by atoms with Gasteiger partial charge in [-0.3, -0.25) is 4.79 Å². The van der Waals surface area contributed by atoms with E-state index in [1.54, 1.807) is 30.3 Å². The monoisotopic (exact) mass is 426 g/mol. The minimum Gasteiger partial charge on any atom is -0.455 e. The van der Waals surface area contributed by atoms with Gasteiger partial charge >= 0.3 is 0 Å². The van der Waals surface area contributed by atoms with Crippen molar-refractivity contribution in [1.29, 1.82) is 0 Å². The van der Waals surface area contributed by atoms with E-state index in [-0.39, 0.29) is 11.7 Å². The molecule has 0 aliphatic rings. The first-order chi connectivity index (χ1) is 12.5. The van der Waals surface area contributed by atoms with Gasteiger partial charge in [0.05, 0.1) is 17.0 Å². The number of carbonyl (C=O) groups excluding carboxylic acids is 1. The number of thioether (sulfide) groups is 1. The maximum Gasteiger partial charge on any atom is 0.250 e. The van der Waals surface area contributed by atoms with Crippen LogP contribution in [0.5, 0.6) is 0 Å². The first kappa shape index (κ1) is 18.9. The lowest BCUT2D eigenvalue weighted by molar-refractivity contribution is -0.118. The highest BCUT2D eigenvalue weighted by Gasteiger charge is 2.09. The quantitative estimate of drug-likeness (QED) is 0.352. The van der Waals surface area contributed by atoms with Crippen LogP contribution in [0.4, 0.5) is 0 Å². The molecular formula is C16H12Cl2N4O2S2. The fourth-order valence-electron chi connectivity index (χ4n) is 1.92. The number of amides is 1. The molecule has 0 saturated carbocycles. The lowest BCUT2D eigenvalue weighted by Crippen LogP contribution is -2.19. The van der Waals surface area contributed by atoms with Gasteiger partial charge in [-0.1, -0.05) is 46.3 Å². The van der Waals surface area contributed by atoms with E-state index >= 15 is 0 Å². The first-order valence-corrected chi connectivity index (χ1v) is 9.87.